The summed E-state index contributed by atoms with van der Waals surface area (Å²) in [6.07, 6.45) is 0.255. The van der Waals surface area contributed by atoms with Crippen LogP contribution in [0.2, 0.25) is 5.02 Å². The minimum absolute atomic E-state index is 0.0797. The van der Waals surface area contributed by atoms with Gasteiger partial charge in [0.1, 0.15) is 17.4 Å². The number of hydrogen-bond donors (Lipinski definition) is 1. The third kappa shape index (κ3) is 4.27. The van der Waals surface area contributed by atoms with E-state index < -0.39 is 5.91 Å². The molecule has 0 saturated carbocycles. The Bertz CT molecular complexity index is 1270. The Morgan fingerprint density at radius 3 is 2.81 bits per heavy atom. The molecule has 0 spiro atoms. The molecule has 2 amide bonds. The van der Waals surface area contributed by atoms with Gasteiger partial charge in [0.05, 0.1) is 0 Å². The van der Waals surface area contributed by atoms with E-state index in [-0.39, 0.29) is 24.1 Å². The van der Waals surface area contributed by atoms with Crippen LogP contribution in [0, 0.1) is 18.3 Å². The first-order chi connectivity index (χ1) is 15.4. The van der Waals surface area contributed by atoms with Crippen molar-refractivity contribution in [1.82, 2.24) is 4.98 Å². The molecule has 1 aliphatic heterocycles. The fraction of sp³-hybridized carbons (Fsp3) is 0.167. The van der Waals surface area contributed by atoms with Crippen molar-refractivity contribution >= 4 is 29.1 Å². The molecule has 2 heterocycles. The normalized spacial score (nSPS) is 15.5. The molecule has 8 heteroatoms. The topological polar surface area (TPSA) is 109 Å². The fourth-order valence-electron chi connectivity index (χ4n) is 3.73. The highest BCUT2D eigenvalue weighted by Crippen LogP contribution is 2.39. The summed E-state index contributed by atoms with van der Waals surface area (Å²) in [5.41, 5.74) is 8.11. The largest absolute Gasteiger partial charge is 0.437 e. The minimum atomic E-state index is -0.553. The number of pyridine rings is 1. The first-order valence-electron chi connectivity index (χ1n) is 9.91. The zero-order valence-electron chi connectivity index (χ0n) is 17.2. The van der Waals surface area contributed by atoms with Crippen molar-refractivity contribution in [3.05, 3.63) is 82.0 Å². The van der Waals surface area contributed by atoms with Crippen molar-refractivity contribution in [2.75, 3.05) is 11.4 Å². The first kappa shape index (κ1) is 21.3. The van der Waals surface area contributed by atoms with Gasteiger partial charge >= 0.3 is 0 Å². The predicted molar refractivity (Wildman–Crippen MR) is 120 cm³/mol. The van der Waals surface area contributed by atoms with Crippen molar-refractivity contribution in [1.29, 1.82) is 5.26 Å². The summed E-state index contributed by atoms with van der Waals surface area (Å²) < 4.78 is 6.02. The summed E-state index contributed by atoms with van der Waals surface area (Å²) in [5.74, 6) is -0.183. The van der Waals surface area contributed by atoms with Crippen molar-refractivity contribution in [2.24, 2.45) is 5.73 Å². The molecule has 2 aromatic carbocycles. The number of nitriles is 1. The van der Waals surface area contributed by atoms with E-state index in [9.17, 15) is 14.9 Å². The lowest BCUT2D eigenvalue weighted by atomic mass is 9.97. The summed E-state index contributed by atoms with van der Waals surface area (Å²) in [5, 5.41) is 9.86. The molecular weight excluding hydrogens is 428 g/mol. The first-order valence-corrected chi connectivity index (χ1v) is 10.3. The molecule has 32 heavy (non-hydrogen) atoms. The molecule has 1 fully saturated rings. The second-order valence-corrected chi connectivity index (χ2v) is 7.96. The van der Waals surface area contributed by atoms with Crippen molar-refractivity contribution in [2.45, 2.75) is 19.3 Å². The number of halogens is 1. The molecule has 1 aliphatic rings. The average molecular weight is 447 g/mol. The molecule has 4 rings (SSSR count). The van der Waals surface area contributed by atoms with Gasteiger partial charge in [0.15, 0.2) is 0 Å². The second-order valence-electron chi connectivity index (χ2n) is 7.52. The van der Waals surface area contributed by atoms with Gasteiger partial charge in [-0.1, -0.05) is 23.7 Å². The van der Waals surface area contributed by atoms with E-state index in [2.05, 4.69) is 11.1 Å². The molecule has 0 aliphatic carbocycles. The van der Waals surface area contributed by atoms with Gasteiger partial charge in [-0.3, -0.25) is 9.59 Å². The van der Waals surface area contributed by atoms with Crippen LogP contribution in [0.5, 0.6) is 11.6 Å². The van der Waals surface area contributed by atoms with Crippen LogP contribution < -0.4 is 15.4 Å². The number of carbonyl (C=O) groups is 2. The van der Waals surface area contributed by atoms with Crippen LogP contribution in [-0.4, -0.2) is 23.3 Å². The van der Waals surface area contributed by atoms with E-state index in [1.165, 1.54) is 0 Å². The highest BCUT2D eigenvalue weighted by Gasteiger charge is 2.33. The average Bonchev–Trinajstić information content (AvgIpc) is 3.15. The van der Waals surface area contributed by atoms with E-state index in [0.717, 1.165) is 5.56 Å². The minimum Gasteiger partial charge on any atom is -0.437 e. The number of nitrogens with two attached hydrogens (primary N) is 1. The molecule has 1 aromatic heterocycles. The summed E-state index contributed by atoms with van der Waals surface area (Å²) in [6, 6.07) is 17.3. The molecule has 0 bridgehead atoms. The lowest BCUT2D eigenvalue weighted by molar-refractivity contribution is -0.117. The Morgan fingerprint density at radius 2 is 2.06 bits per heavy atom. The van der Waals surface area contributed by atoms with Gasteiger partial charge in [-0.05, 0) is 49.4 Å². The molecule has 1 atom stereocenters. The van der Waals surface area contributed by atoms with Crippen LogP contribution in [0.1, 0.15) is 39.5 Å². The van der Waals surface area contributed by atoms with Gasteiger partial charge < -0.3 is 15.4 Å². The highest BCUT2D eigenvalue weighted by atomic mass is 35.5. The van der Waals surface area contributed by atoms with E-state index in [1.807, 2.05) is 6.07 Å². The van der Waals surface area contributed by atoms with Gasteiger partial charge in [-0.15, -0.1) is 0 Å². The molecular formula is C24H19ClN4O3. The molecule has 7 nitrogen and oxygen atoms in total. The maximum Gasteiger partial charge on any atom is 0.248 e. The van der Waals surface area contributed by atoms with Gasteiger partial charge in [0, 0.05) is 46.4 Å². The highest BCUT2D eigenvalue weighted by molar-refractivity contribution is 6.30. The fourth-order valence-corrected chi connectivity index (χ4v) is 3.89. The lowest BCUT2D eigenvalue weighted by Crippen LogP contribution is -2.24. The number of primary amides is 1. The van der Waals surface area contributed by atoms with Crippen molar-refractivity contribution in [3.63, 3.8) is 0 Å². The summed E-state index contributed by atoms with van der Waals surface area (Å²) in [7, 11) is 0. The third-order valence-electron chi connectivity index (χ3n) is 5.31. The number of amides is 2. The molecule has 3 aromatic rings. The Balaban J connectivity index is 1.66. The summed E-state index contributed by atoms with van der Waals surface area (Å²) in [4.78, 5) is 30.3. The maximum absolute atomic E-state index is 12.8. The number of anilines is 1. The number of ether oxygens (including phenoxy) is 1. The molecule has 0 radical (unpaired) electrons. The van der Waals surface area contributed by atoms with Crippen molar-refractivity contribution in [3.8, 4) is 17.7 Å². The standard InChI is InChI=1S/C24H19ClN4O3/c1-14-5-6-16(12-26)24(28-14)32-21-11-18(25)7-8-20(21)17-10-22(30)29(13-17)19-4-2-3-15(9-19)23(27)31/h2-9,11,17H,10,13H2,1H3,(H2,27,31)/t17-/m0/s1. The Kier molecular flexibility index (Phi) is 5.80. The van der Waals surface area contributed by atoms with Gasteiger partial charge in [-0.2, -0.15) is 5.26 Å². The number of nitrogens with zero attached hydrogens (tertiary/aromatic N) is 3. The lowest BCUT2D eigenvalue weighted by Gasteiger charge is -2.19. The zero-order chi connectivity index (χ0) is 22.8. The Morgan fingerprint density at radius 1 is 1.25 bits per heavy atom. The van der Waals surface area contributed by atoms with E-state index in [1.54, 1.807) is 60.4 Å². The van der Waals surface area contributed by atoms with Gasteiger partial charge in [0.25, 0.3) is 0 Å². The maximum atomic E-state index is 12.8. The van der Waals surface area contributed by atoms with Crippen LogP contribution in [0.3, 0.4) is 0 Å². The van der Waals surface area contributed by atoms with Crippen LogP contribution in [0.25, 0.3) is 0 Å². The molecule has 1 saturated heterocycles. The number of benzene rings is 2. The third-order valence-corrected chi connectivity index (χ3v) is 5.54. The number of rotatable bonds is 5. The summed E-state index contributed by atoms with van der Waals surface area (Å²) in [6.45, 7) is 2.20. The number of hydrogen-bond acceptors (Lipinski definition) is 5. The van der Waals surface area contributed by atoms with Gasteiger partial charge in [-0.25, -0.2) is 4.98 Å². The number of carbonyl (C=O) groups excluding carboxylic acids is 2. The number of aromatic nitrogens is 1. The monoisotopic (exact) mass is 446 g/mol. The van der Waals surface area contributed by atoms with E-state index in [0.29, 0.717) is 39.8 Å². The van der Waals surface area contributed by atoms with Crippen LogP contribution >= 0.6 is 11.6 Å². The zero-order valence-corrected chi connectivity index (χ0v) is 18.0. The smallest absolute Gasteiger partial charge is 0.248 e. The van der Waals surface area contributed by atoms with Crippen molar-refractivity contribution < 1.29 is 14.3 Å². The van der Waals surface area contributed by atoms with Gasteiger partial charge in [0.2, 0.25) is 17.7 Å². The predicted octanol–water partition coefficient (Wildman–Crippen LogP) is 4.33. The van der Waals surface area contributed by atoms with Crippen LogP contribution in [0.15, 0.2) is 54.6 Å². The molecule has 0 unspecified atom stereocenters. The van der Waals surface area contributed by atoms with Crippen LogP contribution in [0.4, 0.5) is 5.69 Å². The Hall–Kier alpha value is -3.89. The van der Waals surface area contributed by atoms with E-state index >= 15 is 0 Å². The van der Waals surface area contributed by atoms with Crippen LogP contribution in [-0.2, 0) is 4.79 Å². The quantitative estimate of drug-likeness (QED) is 0.627. The summed E-state index contributed by atoms with van der Waals surface area (Å²) >= 11 is 6.21. The Labute approximate surface area is 190 Å². The number of aryl methyl sites for hydroxylation is 1. The van der Waals surface area contributed by atoms with E-state index in [4.69, 9.17) is 22.1 Å². The molecule has 160 valence electrons. The molecule has 2 N–H and O–H groups in total. The SMILES string of the molecule is Cc1ccc(C#N)c(Oc2cc(Cl)ccc2[C@H]2CC(=O)N(c3cccc(C(N)=O)c3)C2)n1. The second kappa shape index (κ2) is 8.69.